The zero-order valence-corrected chi connectivity index (χ0v) is 14.1. The summed E-state index contributed by atoms with van der Waals surface area (Å²) in [5.41, 5.74) is 2.72. The third-order valence-electron chi connectivity index (χ3n) is 2.66. The van der Waals surface area contributed by atoms with Crippen LogP contribution in [-0.2, 0) is 0 Å². The van der Waals surface area contributed by atoms with Crippen molar-refractivity contribution in [3.63, 3.8) is 0 Å². The van der Waals surface area contributed by atoms with E-state index in [0.29, 0.717) is 4.83 Å². The van der Waals surface area contributed by atoms with Gasteiger partial charge in [-0.1, -0.05) is 34.1 Å². The molecule has 3 rings (SSSR count). The maximum Gasteiger partial charge on any atom is 0.0667 e. The second-order valence-electron chi connectivity index (χ2n) is 3.73. The lowest BCUT2D eigenvalue weighted by atomic mass is 10.1. The fraction of sp³-hybridized carbons (Fsp3) is 0.0769. The predicted molar refractivity (Wildman–Crippen MR) is 89.6 cm³/mol. The smallest absolute Gasteiger partial charge is 0.0667 e. The lowest BCUT2D eigenvalue weighted by Gasteiger charge is -2.06. The maximum absolute atomic E-state index is 3.82. The number of fused-ring (bicyclic) bond motifs is 1. The van der Waals surface area contributed by atoms with Crippen LogP contribution in [0.25, 0.3) is 10.1 Å². The first-order chi connectivity index (χ1) is 8.25. The molecule has 0 aliphatic heterocycles. The third kappa shape index (κ3) is 2.32. The summed E-state index contributed by atoms with van der Waals surface area (Å²) in [4.78, 5) is 0.304. The maximum atomic E-state index is 3.82. The molecule has 0 aliphatic rings. The molecule has 1 aromatic carbocycles. The lowest BCUT2D eigenvalue weighted by molar-refractivity contribution is 1.23. The van der Waals surface area contributed by atoms with E-state index in [4.69, 9.17) is 0 Å². The van der Waals surface area contributed by atoms with Crippen molar-refractivity contribution in [1.82, 2.24) is 0 Å². The van der Waals surface area contributed by atoms with Crippen molar-refractivity contribution in [1.29, 1.82) is 0 Å². The van der Waals surface area contributed by atoms with Gasteiger partial charge in [0.15, 0.2) is 0 Å². The highest BCUT2D eigenvalue weighted by molar-refractivity contribution is 14.1. The van der Waals surface area contributed by atoms with Crippen LogP contribution in [0, 0.1) is 2.88 Å². The number of halogens is 2. The molecule has 0 fully saturated rings. The van der Waals surface area contributed by atoms with Crippen LogP contribution in [0.2, 0.25) is 0 Å². The standard InChI is InChI=1S/C13H8BrIS2/c14-13(8-5-12(15)17-6-8)10-7-16-11-4-2-1-3-9(10)11/h1-7,13H. The van der Waals surface area contributed by atoms with Gasteiger partial charge in [0.1, 0.15) is 0 Å². The van der Waals surface area contributed by atoms with E-state index >= 15 is 0 Å². The first kappa shape index (κ1) is 12.1. The number of hydrogen-bond acceptors (Lipinski definition) is 2. The van der Waals surface area contributed by atoms with Gasteiger partial charge in [-0.3, -0.25) is 0 Å². The summed E-state index contributed by atoms with van der Waals surface area (Å²) in [5, 5.41) is 5.85. The normalized spacial score (nSPS) is 13.1. The molecule has 0 amide bonds. The van der Waals surface area contributed by atoms with Crippen LogP contribution < -0.4 is 0 Å². The highest BCUT2D eigenvalue weighted by Gasteiger charge is 2.15. The average molecular weight is 435 g/mol. The monoisotopic (exact) mass is 434 g/mol. The fourth-order valence-corrected chi connectivity index (χ4v) is 5.21. The second-order valence-corrected chi connectivity index (χ2v) is 8.37. The molecule has 1 atom stereocenters. The highest BCUT2D eigenvalue weighted by Crippen LogP contribution is 2.39. The number of rotatable bonds is 2. The Labute approximate surface area is 130 Å². The van der Waals surface area contributed by atoms with Crippen molar-refractivity contribution >= 4 is 71.3 Å². The van der Waals surface area contributed by atoms with Crippen LogP contribution >= 0.6 is 61.2 Å². The minimum Gasteiger partial charge on any atom is -0.143 e. The van der Waals surface area contributed by atoms with Gasteiger partial charge in [-0.2, -0.15) is 0 Å². The van der Waals surface area contributed by atoms with Gasteiger partial charge in [0.05, 0.1) is 7.71 Å². The van der Waals surface area contributed by atoms with E-state index in [1.165, 1.54) is 24.1 Å². The molecule has 0 aliphatic carbocycles. The molecular formula is C13H8BrIS2. The molecule has 0 N–H and O–H groups in total. The van der Waals surface area contributed by atoms with Crippen molar-refractivity contribution in [3.8, 4) is 0 Å². The average Bonchev–Trinajstić information content (AvgIpc) is 2.94. The summed E-state index contributed by atoms with van der Waals surface area (Å²) in [6.45, 7) is 0. The molecule has 0 radical (unpaired) electrons. The lowest BCUT2D eigenvalue weighted by Crippen LogP contribution is -1.88. The van der Waals surface area contributed by atoms with Gasteiger partial charge >= 0.3 is 0 Å². The van der Waals surface area contributed by atoms with E-state index < -0.39 is 0 Å². The van der Waals surface area contributed by atoms with Crippen molar-refractivity contribution in [2.45, 2.75) is 4.83 Å². The molecule has 4 heteroatoms. The van der Waals surface area contributed by atoms with Gasteiger partial charge in [-0.25, -0.2) is 0 Å². The summed E-state index contributed by atoms with van der Waals surface area (Å²) in [6, 6.07) is 10.8. The minimum absolute atomic E-state index is 0.304. The molecule has 3 aromatic rings. The van der Waals surface area contributed by atoms with Crippen LogP contribution in [0.1, 0.15) is 16.0 Å². The summed E-state index contributed by atoms with van der Waals surface area (Å²) < 4.78 is 2.69. The summed E-state index contributed by atoms with van der Waals surface area (Å²) in [6.07, 6.45) is 0. The zero-order chi connectivity index (χ0) is 11.8. The molecule has 86 valence electrons. The van der Waals surface area contributed by atoms with Gasteiger partial charge in [0, 0.05) is 4.70 Å². The fourth-order valence-electron chi connectivity index (χ4n) is 1.83. The van der Waals surface area contributed by atoms with Crippen molar-refractivity contribution in [2.24, 2.45) is 0 Å². The Kier molecular flexibility index (Phi) is 3.57. The Morgan fingerprint density at radius 3 is 2.71 bits per heavy atom. The molecule has 1 unspecified atom stereocenters. The van der Waals surface area contributed by atoms with Crippen molar-refractivity contribution in [2.75, 3.05) is 0 Å². The number of benzene rings is 1. The Morgan fingerprint density at radius 2 is 1.94 bits per heavy atom. The Hall–Kier alpha value is 0.0900. The molecular weight excluding hydrogens is 427 g/mol. The van der Waals surface area contributed by atoms with Gasteiger partial charge in [-0.05, 0) is 62.0 Å². The van der Waals surface area contributed by atoms with Crippen molar-refractivity contribution in [3.05, 3.63) is 55.1 Å². The highest BCUT2D eigenvalue weighted by atomic mass is 127. The SMILES string of the molecule is BrC(c1csc(I)c1)c1csc2ccccc12. The van der Waals surface area contributed by atoms with E-state index in [9.17, 15) is 0 Å². The van der Waals surface area contributed by atoms with Crippen LogP contribution in [0.4, 0.5) is 0 Å². The van der Waals surface area contributed by atoms with E-state index in [2.05, 4.69) is 79.6 Å². The molecule has 0 nitrogen and oxygen atoms in total. The molecule has 0 spiro atoms. The molecule has 0 bridgehead atoms. The van der Waals surface area contributed by atoms with Crippen LogP contribution in [0.15, 0.2) is 41.1 Å². The second kappa shape index (κ2) is 4.99. The first-order valence-corrected chi connectivity index (χ1v) is 8.85. The van der Waals surface area contributed by atoms with Crippen LogP contribution in [-0.4, -0.2) is 0 Å². The summed E-state index contributed by atoms with van der Waals surface area (Å²) in [7, 11) is 0. The Balaban J connectivity index is 2.09. The third-order valence-corrected chi connectivity index (χ3v) is 6.48. The van der Waals surface area contributed by atoms with E-state index in [0.717, 1.165) is 0 Å². The number of hydrogen-bond donors (Lipinski definition) is 0. The van der Waals surface area contributed by atoms with Crippen LogP contribution in [0.3, 0.4) is 0 Å². The van der Waals surface area contributed by atoms with Gasteiger partial charge in [-0.15, -0.1) is 22.7 Å². The molecule has 2 heterocycles. The molecule has 17 heavy (non-hydrogen) atoms. The van der Waals surface area contributed by atoms with E-state index in [1.54, 1.807) is 11.3 Å². The minimum atomic E-state index is 0.304. The molecule has 0 saturated carbocycles. The van der Waals surface area contributed by atoms with E-state index in [-0.39, 0.29) is 0 Å². The van der Waals surface area contributed by atoms with Crippen molar-refractivity contribution < 1.29 is 0 Å². The largest absolute Gasteiger partial charge is 0.143 e. The molecule has 2 aromatic heterocycles. The Bertz CT molecular complexity index is 656. The predicted octanol–water partition coefficient (Wildman–Crippen LogP) is 6.05. The summed E-state index contributed by atoms with van der Waals surface area (Å²) >= 11 is 9.80. The van der Waals surface area contributed by atoms with Crippen LogP contribution in [0.5, 0.6) is 0 Å². The van der Waals surface area contributed by atoms with E-state index in [1.807, 2.05) is 11.3 Å². The first-order valence-electron chi connectivity index (χ1n) is 5.10. The quantitative estimate of drug-likeness (QED) is 0.340. The number of thiophene rings is 2. The van der Waals surface area contributed by atoms with Gasteiger partial charge < -0.3 is 0 Å². The van der Waals surface area contributed by atoms with Gasteiger partial charge in [0.25, 0.3) is 0 Å². The molecule has 0 saturated heterocycles. The zero-order valence-electron chi connectivity index (χ0n) is 8.69. The topological polar surface area (TPSA) is 0 Å². The number of alkyl halides is 1. The summed E-state index contributed by atoms with van der Waals surface area (Å²) in [5.74, 6) is 0. The van der Waals surface area contributed by atoms with Gasteiger partial charge in [0.2, 0.25) is 0 Å². The Morgan fingerprint density at radius 1 is 1.12 bits per heavy atom.